The number of hydrogen-bond donors (Lipinski definition) is 3. The van der Waals surface area contributed by atoms with Crippen molar-refractivity contribution < 1.29 is 19.1 Å². The number of carbonyl (C=O) groups is 2. The van der Waals surface area contributed by atoms with E-state index in [4.69, 9.17) is 9.47 Å². The first kappa shape index (κ1) is 28.0. The predicted molar refractivity (Wildman–Crippen MR) is 163 cm³/mol. The molecule has 1 saturated carbocycles. The lowest BCUT2D eigenvalue weighted by Gasteiger charge is -2.37. The Morgan fingerprint density at radius 3 is 2.40 bits per heavy atom. The second-order valence-electron chi connectivity index (χ2n) is 11.6. The molecular weight excluding hydrogens is 526 g/mol. The fourth-order valence-corrected chi connectivity index (χ4v) is 6.58. The van der Waals surface area contributed by atoms with Crippen LogP contribution in [0.1, 0.15) is 60.5 Å². The van der Waals surface area contributed by atoms with Crippen molar-refractivity contribution in [3.63, 3.8) is 0 Å². The number of hydrogen-bond acceptors (Lipinski definition) is 5. The molecule has 7 heteroatoms. The number of amides is 1. The van der Waals surface area contributed by atoms with E-state index in [0.29, 0.717) is 25.4 Å². The maximum Gasteiger partial charge on any atom is 0.328 e. The third kappa shape index (κ3) is 6.21. The summed E-state index contributed by atoms with van der Waals surface area (Å²) in [5.74, 6) is 0.585. The Morgan fingerprint density at radius 1 is 0.905 bits per heavy atom. The Hall–Kier alpha value is -4.10. The smallest absolute Gasteiger partial charge is 0.328 e. The highest BCUT2D eigenvalue weighted by atomic mass is 16.5. The van der Waals surface area contributed by atoms with Crippen LogP contribution in [0.25, 0.3) is 10.9 Å². The Kier molecular flexibility index (Phi) is 8.56. The molecule has 1 aliphatic heterocycles. The van der Waals surface area contributed by atoms with Crippen LogP contribution in [0, 0.1) is 5.92 Å². The second kappa shape index (κ2) is 12.8. The minimum Gasteiger partial charge on any atom is -0.489 e. The third-order valence-electron chi connectivity index (χ3n) is 8.80. The summed E-state index contributed by atoms with van der Waals surface area (Å²) in [4.78, 5) is 30.3. The molecule has 7 nitrogen and oxygen atoms in total. The average Bonchev–Trinajstić information content (AvgIpc) is 3.43. The molecule has 3 N–H and O–H groups in total. The van der Waals surface area contributed by atoms with E-state index in [0.717, 1.165) is 35.2 Å². The molecule has 1 unspecified atom stereocenters. The lowest BCUT2D eigenvalue weighted by molar-refractivity contribution is -0.145. The number of benzene rings is 3. The standard InChI is InChI=1S/C35H39N3O4/c1-41-35(40)31(20-23-16-18-26(19-17-23)42-22-24-10-4-2-5-11-24)38-34(39)30-21-28-27-14-8-9-15-29(27)36-33(28)32(37-30)25-12-6-3-7-13-25/h2,4-5,8-11,14-19,25,30-32,36-37H,3,6-7,12-13,20-22H2,1H3,(H,38,39)/t30-,31?,32-/m1/s1. The van der Waals surface area contributed by atoms with Gasteiger partial charge in [-0.1, -0.05) is 79.9 Å². The molecular formula is C35H39N3O4. The zero-order valence-electron chi connectivity index (χ0n) is 24.1. The summed E-state index contributed by atoms with van der Waals surface area (Å²) in [6.45, 7) is 0.482. The monoisotopic (exact) mass is 565 g/mol. The summed E-state index contributed by atoms with van der Waals surface area (Å²) in [6, 6.07) is 24.8. The molecule has 1 amide bonds. The molecule has 2 aliphatic rings. The number of rotatable bonds is 9. The van der Waals surface area contributed by atoms with Crippen molar-refractivity contribution in [3.8, 4) is 5.75 Å². The molecule has 2 heterocycles. The van der Waals surface area contributed by atoms with Crippen molar-refractivity contribution in [1.29, 1.82) is 0 Å². The number of para-hydroxylation sites is 1. The van der Waals surface area contributed by atoms with Crippen LogP contribution in [0.4, 0.5) is 0 Å². The first-order chi connectivity index (χ1) is 20.6. The maximum atomic E-state index is 13.8. The number of aromatic amines is 1. The van der Waals surface area contributed by atoms with Gasteiger partial charge in [0.2, 0.25) is 5.91 Å². The lowest BCUT2D eigenvalue weighted by atomic mass is 9.79. The molecule has 6 rings (SSSR count). The van der Waals surface area contributed by atoms with Crippen molar-refractivity contribution in [2.45, 2.75) is 69.7 Å². The van der Waals surface area contributed by atoms with Gasteiger partial charge >= 0.3 is 5.97 Å². The van der Waals surface area contributed by atoms with Crippen molar-refractivity contribution in [2.75, 3.05) is 7.11 Å². The van der Waals surface area contributed by atoms with E-state index in [2.05, 4.69) is 33.8 Å². The molecule has 4 aromatic rings. The van der Waals surface area contributed by atoms with Gasteiger partial charge in [0.05, 0.1) is 19.2 Å². The number of esters is 1. The predicted octanol–water partition coefficient (Wildman–Crippen LogP) is 5.78. The Balaban J connectivity index is 1.16. The highest BCUT2D eigenvalue weighted by Crippen LogP contribution is 2.40. The fraction of sp³-hybridized carbons (Fsp3) is 0.371. The van der Waals surface area contributed by atoms with E-state index in [1.165, 1.54) is 43.0 Å². The summed E-state index contributed by atoms with van der Waals surface area (Å²) >= 11 is 0. The maximum absolute atomic E-state index is 13.8. The largest absolute Gasteiger partial charge is 0.489 e. The Bertz CT molecular complexity index is 1510. The molecule has 3 aromatic carbocycles. The Labute approximate surface area is 247 Å². The molecule has 1 aliphatic carbocycles. The van der Waals surface area contributed by atoms with Gasteiger partial charge in [0.1, 0.15) is 18.4 Å². The summed E-state index contributed by atoms with van der Waals surface area (Å²) in [7, 11) is 1.36. The van der Waals surface area contributed by atoms with Crippen LogP contribution in [-0.2, 0) is 33.8 Å². The molecule has 3 atom stereocenters. The van der Waals surface area contributed by atoms with Crippen LogP contribution in [0.2, 0.25) is 0 Å². The van der Waals surface area contributed by atoms with Crippen molar-refractivity contribution in [2.24, 2.45) is 5.92 Å². The molecule has 0 bridgehead atoms. The van der Waals surface area contributed by atoms with Crippen LogP contribution >= 0.6 is 0 Å². The number of H-pyrrole nitrogens is 1. The van der Waals surface area contributed by atoms with Crippen LogP contribution in [0.3, 0.4) is 0 Å². The lowest BCUT2D eigenvalue weighted by Crippen LogP contribution is -2.55. The number of carbonyl (C=O) groups excluding carboxylic acids is 2. The zero-order valence-corrected chi connectivity index (χ0v) is 24.1. The van der Waals surface area contributed by atoms with E-state index < -0.39 is 18.1 Å². The van der Waals surface area contributed by atoms with Crippen molar-refractivity contribution in [3.05, 3.63) is 101 Å². The van der Waals surface area contributed by atoms with Crippen LogP contribution in [-0.4, -0.2) is 36.1 Å². The highest BCUT2D eigenvalue weighted by molar-refractivity contribution is 5.90. The second-order valence-corrected chi connectivity index (χ2v) is 11.6. The third-order valence-corrected chi connectivity index (χ3v) is 8.80. The van der Waals surface area contributed by atoms with Gasteiger partial charge in [0.15, 0.2) is 0 Å². The van der Waals surface area contributed by atoms with Gasteiger partial charge in [-0.15, -0.1) is 0 Å². The minimum atomic E-state index is -0.794. The van der Waals surface area contributed by atoms with E-state index in [1.54, 1.807) is 0 Å². The highest BCUT2D eigenvalue weighted by Gasteiger charge is 2.38. The van der Waals surface area contributed by atoms with Crippen molar-refractivity contribution >= 4 is 22.8 Å². The van der Waals surface area contributed by atoms with Gasteiger partial charge in [-0.3, -0.25) is 10.1 Å². The molecule has 0 radical (unpaired) electrons. The molecule has 218 valence electrons. The van der Waals surface area contributed by atoms with E-state index in [9.17, 15) is 9.59 Å². The number of methoxy groups -OCH3 is 1. The molecule has 1 fully saturated rings. The van der Waals surface area contributed by atoms with Crippen LogP contribution < -0.4 is 15.4 Å². The van der Waals surface area contributed by atoms with Gasteiger partial charge in [0, 0.05) is 23.0 Å². The first-order valence-corrected chi connectivity index (χ1v) is 15.1. The molecule has 1 aromatic heterocycles. The van der Waals surface area contributed by atoms with Crippen LogP contribution in [0.15, 0.2) is 78.9 Å². The summed E-state index contributed by atoms with van der Waals surface area (Å²) < 4.78 is 11.0. The SMILES string of the molecule is COC(=O)C(Cc1ccc(OCc2ccccc2)cc1)NC(=O)[C@H]1Cc2c([nH]c3ccccc23)[C@@H](C2CCCCC2)N1. The van der Waals surface area contributed by atoms with E-state index in [-0.39, 0.29) is 11.9 Å². The number of ether oxygens (including phenoxy) is 2. The minimum absolute atomic E-state index is 0.0807. The van der Waals surface area contributed by atoms with E-state index >= 15 is 0 Å². The summed E-state index contributed by atoms with van der Waals surface area (Å²) in [5.41, 5.74) is 5.53. The number of nitrogens with one attached hydrogen (secondary N) is 3. The van der Waals surface area contributed by atoms with Gasteiger partial charge in [-0.2, -0.15) is 0 Å². The molecule has 0 saturated heterocycles. The zero-order chi connectivity index (χ0) is 28.9. The average molecular weight is 566 g/mol. The number of aromatic nitrogens is 1. The fourth-order valence-electron chi connectivity index (χ4n) is 6.58. The topological polar surface area (TPSA) is 92.4 Å². The Morgan fingerprint density at radius 2 is 1.64 bits per heavy atom. The number of fused-ring (bicyclic) bond motifs is 3. The molecule has 0 spiro atoms. The van der Waals surface area contributed by atoms with Crippen LogP contribution in [0.5, 0.6) is 5.75 Å². The summed E-state index contributed by atoms with van der Waals surface area (Å²) in [6.07, 6.45) is 6.90. The van der Waals surface area contributed by atoms with Crippen molar-refractivity contribution in [1.82, 2.24) is 15.6 Å². The van der Waals surface area contributed by atoms with Gasteiger partial charge in [-0.05, 0) is 60.1 Å². The van der Waals surface area contributed by atoms with Gasteiger partial charge in [0.25, 0.3) is 0 Å². The summed E-state index contributed by atoms with van der Waals surface area (Å²) in [5, 5.41) is 7.89. The molecule has 42 heavy (non-hydrogen) atoms. The quantitative estimate of drug-likeness (QED) is 0.224. The van der Waals surface area contributed by atoms with Gasteiger partial charge in [-0.25, -0.2) is 4.79 Å². The first-order valence-electron chi connectivity index (χ1n) is 15.1. The van der Waals surface area contributed by atoms with E-state index in [1.807, 2.05) is 60.7 Å². The van der Waals surface area contributed by atoms with Gasteiger partial charge < -0.3 is 19.8 Å². The normalized spacial score (nSPS) is 19.5.